The van der Waals surface area contributed by atoms with Crippen LogP contribution in [0.5, 0.6) is 0 Å². The number of benzene rings is 1. The molecule has 2 rings (SSSR count). The minimum atomic E-state index is 0.0688. The zero-order chi connectivity index (χ0) is 14.7. The Balaban J connectivity index is 2.03. The Morgan fingerprint density at radius 2 is 2.00 bits per heavy atom. The molecule has 20 heavy (non-hydrogen) atoms. The first-order valence-electron chi connectivity index (χ1n) is 7.25. The maximum absolute atomic E-state index is 12.5. The molecule has 0 heterocycles. The molecule has 2 nitrogen and oxygen atoms in total. The van der Waals surface area contributed by atoms with E-state index in [1.165, 1.54) is 19.3 Å². The van der Waals surface area contributed by atoms with E-state index in [-0.39, 0.29) is 5.91 Å². The smallest absolute Gasteiger partial charge is 0.253 e. The molecule has 0 bridgehead atoms. The van der Waals surface area contributed by atoms with Crippen molar-refractivity contribution >= 4 is 33.4 Å². The summed E-state index contributed by atoms with van der Waals surface area (Å²) in [6, 6.07) is 5.76. The molecule has 1 aromatic rings. The molecule has 1 aromatic carbocycles. The average Bonchev–Trinajstić information content (AvgIpc) is 2.48. The second kappa shape index (κ2) is 6.95. The van der Waals surface area contributed by atoms with Gasteiger partial charge in [-0.3, -0.25) is 4.79 Å². The summed E-state index contributed by atoms with van der Waals surface area (Å²) in [6.45, 7) is 2.25. The number of hydrogen-bond donors (Lipinski definition) is 0. The van der Waals surface area contributed by atoms with Gasteiger partial charge in [0, 0.05) is 23.1 Å². The molecule has 0 atom stereocenters. The van der Waals surface area contributed by atoms with E-state index in [9.17, 15) is 4.79 Å². The summed E-state index contributed by atoms with van der Waals surface area (Å²) in [7, 11) is 1.91. The maximum atomic E-state index is 12.5. The fourth-order valence-electron chi connectivity index (χ4n) is 2.94. The SMILES string of the molecule is CCC1CCC(N(C)C(=O)c2ccc(Br)c(Cl)c2)CC1. The number of carbonyl (C=O) groups is 1. The molecule has 0 spiro atoms. The van der Waals surface area contributed by atoms with Gasteiger partial charge in [0.1, 0.15) is 0 Å². The second-order valence-electron chi connectivity index (χ2n) is 5.63. The predicted molar refractivity (Wildman–Crippen MR) is 87.3 cm³/mol. The van der Waals surface area contributed by atoms with Crippen molar-refractivity contribution in [1.29, 1.82) is 0 Å². The summed E-state index contributed by atoms with van der Waals surface area (Å²) in [5.74, 6) is 0.913. The van der Waals surface area contributed by atoms with Gasteiger partial charge in [-0.2, -0.15) is 0 Å². The van der Waals surface area contributed by atoms with E-state index >= 15 is 0 Å². The van der Waals surface area contributed by atoms with Gasteiger partial charge in [-0.15, -0.1) is 0 Å². The Hall–Kier alpha value is -0.540. The highest BCUT2D eigenvalue weighted by atomic mass is 79.9. The van der Waals surface area contributed by atoms with Crippen molar-refractivity contribution in [3.63, 3.8) is 0 Å². The van der Waals surface area contributed by atoms with E-state index in [1.807, 2.05) is 24.1 Å². The fraction of sp³-hybridized carbons (Fsp3) is 0.562. The molecule has 0 radical (unpaired) electrons. The number of carbonyl (C=O) groups excluding carboxylic acids is 1. The highest BCUT2D eigenvalue weighted by Gasteiger charge is 2.26. The number of rotatable bonds is 3. The first-order chi connectivity index (χ1) is 9.52. The van der Waals surface area contributed by atoms with E-state index in [0.29, 0.717) is 16.6 Å². The fourth-order valence-corrected chi connectivity index (χ4v) is 3.37. The van der Waals surface area contributed by atoms with Crippen LogP contribution in [0.15, 0.2) is 22.7 Å². The topological polar surface area (TPSA) is 20.3 Å². The van der Waals surface area contributed by atoms with Crippen molar-refractivity contribution in [2.45, 2.75) is 45.1 Å². The molecule has 1 amide bonds. The third-order valence-corrected chi connectivity index (χ3v) is 5.66. The first kappa shape index (κ1) is 15.8. The monoisotopic (exact) mass is 357 g/mol. The van der Waals surface area contributed by atoms with Gasteiger partial charge >= 0.3 is 0 Å². The molecule has 1 aliphatic rings. The largest absolute Gasteiger partial charge is 0.339 e. The quantitative estimate of drug-likeness (QED) is 0.732. The van der Waals surface area contributed by atoms with Crippen LogP contribution >= 0.6 is 27.5 Å². The Morgan fingerprint density at radius 1 is 1.35 bits per heavy atom. The molecule has 0 N–H and O–H groups in total. The van der Waals surface area contributed by atoms with Gasteiger partial charge in [0.2, 0.25) is 0 Å². The lowest BCUT2D eigenvalue weighted by Gasteiger charge is -2.34. The van der Waals surface area contributed by atoms with Gasteiger partial charge < -0.3 is 4.90 Å². The summed E-state index contributed by atoms with van der Waals surface area (Å²) in [5.41, 5.74) is 0.665. The molecule has 0 unspecified atom stereocenters. The van der Waals surface area contributed by atoms with Crippen LogP contribution in [0.3, 0.4) is 0 Å². The lowest BCUT2D eigenvalue weighted by atomic mass is 9.84. The third-order valence-electron chi connectivity index (χ3n) is 4.43. The van der Waals surface area contributed by atoms with E-state index < -0.39 is 0 Å². The van der Waals surface area contributed by atoms with Crippen LogP contribution < -0.4 is 0 Å². The van der Waals surface area contributed by atoms with Crippen molar-refractivity contribution in [1.82, 2.24) is 4.90 Å². The highest BCUT2D eigenvalue weighted by Crippen LogP contribution is 2.30. The van der Waals surface area contributed by atoms with E-state index in [0.717, 1.165) is 23.2 Å². The van der Waals surface area contributed by atoms with E-state index in [1.54, 1.807) is 6.07 Å². The van der Waals surface area contributed by atoms with Crippen molar-refractivity contribution in [3.05, 3.63) is 33.3 Å². The van der Waals surface area contributed by atoms with Crippen LogP contribution in [0.4, 0.5) is 0 Å². The van der Waals surface area contributed by atoms with Crippen LogP contribution in [0.2, 0.25) is 5.02 Å². The Bertz CT molecular complexity index is 483. The molecule has 4 heteroatoms. The summed E-state index contributed by atoms with van der Waals surface area (Å²) in [6.07, 6.45) is 5.96. The van der Waals surface area contributed by atoms with Crippen molar-refractivity contribution < 1.29 is 4.79 Å². The molecule has 1 fully saturated rings. The minimum Gasteiger partial charge on any atom is -0.339 e. The van der Waals surface area contributed by atoms with Crippen LogP contribution in [-0.2, 0) is 0 Å². The van der Waals surface area contributed by atoms with E-state index in [2.05, 4.69) is 22.9 Å². The normalized spacial score (nSPS) is 22.6. The van der Waals surface area contributed by atoms with Crippen molar-refractivity contribution in [2.75, 3.05) is 7.05 Å². The lowest BCUT2D eigenvalue weighted by Crippen LogP contribution is -2.39. The van der Waals surface area contributed by atoms with Gasteiger partial charge in [-0.1, -0.05) is 24.9 Å². The number of nitrogens with zero attached hydrogens (tertiary/aromatic N) is 1. The van der Waals surface area contributed by atoms with Gasteiger partial charge in [0.05, 0.1) is 5.02 Å². The maximum Gasteiger partial charge on any atom is 0.253 e. The van der Waals surface area contributed by atoms with Crippen LogP contribution in [0.25, 0.3) is 0 Å². The molecular weight excluding hydrogens is 338 g/mol. The number of amides is 1. The van der Waals surface area contributed by atoms with Crippen LogP contribution in [-0.4, -0.2) is 23.9 Å². The summed E-state index contributed by atoms with van der Waals surface area (Å²) in [5, 5.41) is 0.582. The van der Waals surface area contributed by atoms with Gasteiger partial charge in [-0.25, -0.2) is 0 Å². The zero-order valence-electron chi connectivity index (χ0n) is 12.0. The standard InChI is InChI=1S/C16H21BrClNO/c1-3-11-4-7-13(8-5-11)19(2)16(20)12-6-9-14(17)15(18)10-12/h6,9-11,13H,3-5,7-8H2,1-2H3. The lowest BCUT2D eigenvalue weighted by molar-refractivity contribution is 0.0674. The number of hydrogen-bond acceptors (Lipinski definition) is 1. The summed E-state index contributed by atoms with van der Waals surface area (Å²) >= 11 is 9.42. The van der Waals surface area contributed by atoms with Gasteiger partial charge in [-0.05, 0) is 65.7 Å². The first-order valence-corrected chi connectivity index (χ1v) is 8.42. The molecule has 0 aromatic heterocycles. The average molecular weight is 359 g/mol. The summed E-state index contributed by atoms with van der Waals surface area (Å²) < 4.78 is 0.821. The molecular formula is C16H21BrClNO. The molecule has 1 saturated carbocycles. The molecule has 110 valence electrons. The third kappa shape index (κ3) is 3.56. The summed E-state index contributed by atoms with van der Waals surface area (Å²) in [4.78, 5) is 14.4. The van der Waals surface area contributed by atoms with Crippen molar-refractivity contribution in [3.8, 4) is 0 Å². The predicted octanol–water partition coefficient (Wildman–Crippen LogP) is 5.14. The Labute approximate surface area is 134 Å². The highest BCUT2D eigenvalue weighted by molar-refractivity contribution is 9.10. The molecule has 0 aliphatic heterocycles. The Kier molecular flexibility index (Phi) is 5.50. The number of halogens is 2. The zero-order valence-corrected chi connectivity index (χ0v) is 14.4. The molecule has 1 aliphatic carbocycles. The second-order valence-corrected chi connectivity index (χ2v) is 6.89. The van der Waals surface area contributed by atoms with Crippen LogP contribution in [0.1, 0.15) is 49.4 Å². The van der Waals surface area contributed by atoms with Crippen LogP contribution in [0, 0.1) is 5.92 Å². The van der Waals surface area contributed by atoms with Crippen molar-refractivity contribution in [2.24, 2.45) is 5.92 Å². The van der Waals surface area contributed by atoms with Gasteiger partial charge in [0.25, 0.3) is 5.91 Å². The van der Waals surface area contributed by atoms with E-state index in [4.69, 9.17) is 11.6 Å². The minimum absolute atomic E-state index is 0.0688. The van der Waals surface area contributed by atoms with Gasteiger partial charge in [0.15, 0.2) is 0 Å². The molecule has 0 saturated heterocycles. The Morgan fingerprint density at radius 3 is 2.55 bits per heavy atom.